The maximum atomic E-state index is 13.2. The third kappa shape index (κ3) is 7.25. The molecule has 0 bridgehead atoms. The normalized spacial score (nSPS) is 10.8. The summed E-state index contributed by atoms with van der Waals surface area (Å²) in [4.78, 5) is 30.0. The molecule has 1 aromatic carbocycles. The summed E-state index contributed by atoms with van der Waals surface area (Å²) in [5, 5.41) is 1.99. The van der Waals surface area contributed by atoms with Crippen molar-refractivity contribution in [3.8, 4) is 11.5 Å². The topological polar surface area (TPSA) is 68.3 Å². The lowest BCUT2D eigenvalue weighted by Crippen LogP contribution is -2.47. The predicted molar refractivity (Wildman–Crippen MR) is 122 cm³/mol. The van der Waals surface area contributed by atoms with E-state index < -0.39 is 0 Å². The minimum Gasteiger partial charge on any atom is -0.493 e. The molecule has 1 aromatic heterocycles. The zero-order chi connectivity index (χ0) is 22.8. The molecule has 0 fully saturated rings. The molecule has 8 heteroatoms. The van der Waals surface area contributed by atoms with E-state index in [-0.39, 0.29) is 31.0 Å². The first kappa shape index (κ1) is 24.7. The fourth-order valence-corrected chi connectivity index (χ4v) is 3.91. The van der Waals surface area contributed by atoms with Gasteiger partial charge in [-0.2, -0.15) is 0 Å². The maximum Gasteiger partial charge on any atom is 0.249 e. The van der Waals surface area contributed by atoms with Crippen LogP contribution in [-0.4, -0.2) is 68.7 Å². The number of hydrogen-bond acceptors (Lipinski definition) is 6. The minimum absolute atomic E-state index is 0.0250. The van der Waals surface area contributed by atoms with E-state index in [1.807, 2.05) is 49.6 Å². The first-order valence-electron chi connectivity index (χ1n) is 10.2. The Balaban J connectivity index is 2.14. The molecule has 2 amide bonds. The summed E-state index contributed by atoms with van der Waals surface area (Å²) in [7, 11) is 4.68. The molecule has 0 saturated carbocycles. The van der Waals surface area contributed by atoms with Crippen LogP contribution in [0.1, 0.15) is 24.3 Å². The van der Waals surface area contributed by atoms with Crippen molar-refractivity contribution in [2.75, 3.05) is 41.0 Å². The third-order valence-corrected chi connectivity index (χ3v) is 5.78. The van der Waals surface area contributed by atoms with Gasteiger partial charge in [-0.05, 0) is 49.4 Å². The van der Waals surface area contributed by atoms with E-state index in [1.54, 1.807) is 35.4 Å². The first-order valence-corrected chi connectivity index (χ1v) is 11.1. The van der Waals surface area contributed by atoms with Crippen molar-refractivity contribution in [1.82, 2.24) is 9.80 Å². The molecular formula is C23H32N2O5S. The highest BCUT2D eigenvalue weighted by molar-refractivity contribution is 7.09. The number of thiophene rings is 1. The highest BCUT2D eigenvalue weighted by Crippen LogP contribution is 2.28. The standard InChI is InChI=1S/C23H32N2O5S/c1-17(2)25(23(27)16-28-3)15-22(26)24(14-19-7-6-12-31-19)11-10-18-8-9-20(29-4)21(13-18)30-5/h6-9,12-13,17H,10-11,14-16H2,1-5H3. The van der Waals surface area contributed by atoms with Gasteiger partial charge in [0.2, 0.25) is 11.8 Å². The molecule has 2 rings (SSSR count). The van der Waals surface area contributed by atoms with E-state index in [1.165, 1.54) is 7.11 Å². The summed E-state index contributed by atoms with van der Waals surface area (Å²) < 4.78 is 15.7. The van der Waals surface area contributed by atoms with Gasteiger partial charge in [0.15, 0.2) is 11.5 Å². The van der Waals surface area contributed by atoms with Gasteiger partial charge in [-0.25, -0.2) is 0 Å². The van der Waals surface area contributed by atoms with Gasteiger partial charge in [0, 0.05) is 24.6 Å². The SMILES string of the molecule is COCC(=O)N(CC(=O)N(CCc1ccc(OC)c(OC)c1)Cc1cccs1)C(C)C. The number of amides is 2. The Morgan fingerprint density at radius 1 is 1.03 bits per heavy atom. The van der Waals surface area contributed by atoms with Crippen molar-refractivity contribution in [3.05, 3.63) is 46.2 Å². The smallest absolute Gasteiger partial charge is 0.249 e. The largest absolute Gasteiger partial charge is 0.493 e. The number of hydrogen-bond donors (Lipinski definition) is 0. The Bertz CT molecular complexity index is 838. The van der Waals surface area contributed by atoms with E-state index in [2.05, 4.69) is 0 Å². The molecule has 0 saturated heterocycles. The molecule has 0 radical (unpaired) electrons. The fraction of sp³-hybridized carbons (Fsp3) is 0.478. The Morgan fingerprint density at radius 2 is 1.77 bits per heavy atom. The van der Waals surface area contributed by atoms with Crippen molar-refractivity contribution in [2.24, 2.45) is 0 Å². The van der Waals surface area contributed by atoms with E-state index in [9.17, 15) is 9.59 Å². The van der Waals surface area contributed by atoms with Gasteiger partial charge in [0.1, 0.15) is 13.2 Å². The van der Waals surface area contributed by atoms with Crippen LogP contribution >= 0.6 is 11.3 Å². The second kappa shape index (κ2) is 12.3. The van der Waals surface area contributed by atoms with E-state index in [4.69, 9.17) is 14.2 Å². The quantitative estimate of drug-likeness (QED) is 0.499. The van der Waals surface area contributed by atoms with Crippen molar-refractivity contribution in [2.45, 2.75) is 32.9 Å². The molecular weight excluding hydrogens is 416 g/mol. The summed E-state index contributed by atoms with van der Waals surface area (Å²) in [5.74, 6) is 1.04. The maximum absolute atomic E-state index is 13.2. The zero-order valence-electron chi connectivity index (χ0n) is 18.9. The zero-order valence-corrected chi connectivity index (χ0v) is 19.7. The highest BCUT2D eigenvalue weighted by Gasteiger charge is 2.23. The van der Waals surface area contributed by atoms with Crippen molar-refractivity contribution in [3.63, 3.8) is 0 Å². The summed E-state index contributed by atoms with van der Waals surface area (Å²) in [5.41, 5.74) is 1.04. The fourth-order valence-electron chi connectivity index (χ4n) is 3.19. The van der Waals surface area contributed by atoms with Gasteiger partial charge in [-0.3, -0.25) is 9.59 Å². The number of ether oxygens (including phenoxy) is 3. The molecule has 0 aliphatic heterocycles. The van der Waals surface area contributed by atoms with Gasteiger partial charge >= 0.3 is 0 Å². The Labute approximate surface area is 188 Å². The summed E-state index contributed by atoms with van der Waals surface area (Å²) in [6.07, 6.45) is 0.658. The monoisotopic (exact) mass is 448 g/mol. The van der Waals surface area contributed by atoms with Crippen molar-refractivity contribution >= 4 is 23.2 Å². The predicted octanol–water partition coefficient (Wildman–Crippen LogP) is 3.22. The van der Waals surface area contributed by atoms with Crippen LogP contribution in [0.15, 0.2) is 35.7 Å². The molecule has 0 aliphatic carbocycles. The van der Waals surface area contributed by atoms with Crippen LogP contribution in [0.3, 0.4) is 0 Å². The average molecular weight is 449 g/mol. The van der Waals surface area contributed by atoms with Crippen LogP contribution < -0.4 is 9.47 Å². The summed E-state index contributed by atoms with van der Waals surface area (Å²) in [6, 6.07) is 9.65. The molecule has 7 nitrogen and oxygen atoms in total. The molecule has 0 atom stereocenters. The Kier molecular flexibility index (Phi) is 9.81. The van der Waals surface area contributed by atoms with Gasteiger partial charge in [-0.15, -0.1) is 11.3 Å². The summed E-state index contributed by atoms with van der Waals surface area (Å²) >= 11 is 1.61. The summed E-state index contributed by atoms with van der Waals surface area (Å²) in [6.45, 7) is 4.81. The first-order chi connectivity index (χ1) is 14.9. The van der Waals surface area contributed by atoms with Crippen molar-refractivity contribution < 1.29 is 23.8 Å². The van der Waals surface area contributed by atoms with Crippen LogP contribution in [0.25, 0.3) is 0 Å². The molecule has 0 spiro atoms. The molecule has 170 valence electrons. The number of nitrogens with zero attached hydrogens (tertiary/aromatic N) is 2. The lowest BCUT2D eigenvalue weighted by molar-refractivity contribution is -0.144. The lowest BCUT2D eigenvalue weighted by atomic mass is 10.1. The third-order valence-electron chi connectivity index (χ3n) is 4.91. The Morgan fingerprint density at radius 3 is 2.35 bits per heavy atom. The van der Waals surface area contributed by atoms with Crippen LogP contribution in [0.5, 0.6) is 11.5 Å². The van der Waals surface area contributed by atoms with Crippen molar-refractivity contribution in [1.29, 1.82) is 0 Å². The molecule has 0 aliphatic rings. The number of carbonyl (C=O) groups is 2. The van der Waals surface area contributed by atoms with Gasteiger partial charge < -0.3 is 24.0 Å². The molecule has 31 heavy (non-hydrogen) atoms. The van der Waals surface area contributed by atoms with E-state index in [0.29, 0.717) is 31.0 Å². The number of carbonyl (C=O) groups excluding carboxylic acids is 2. The average Bonchev–Trinajstić information content (AvgIpc) is 3.27. The molecule has 0 N–H and O–H groups in total. The van der Waals surface area contributed by atoms with Crippen LogP contribution in [0.4, 0.5) is 0 Å². The van der Waals surface area contributed by atoms with Gasteiger partial charge in [0.25, 0.3) is 0 Å². The Hall–Kier alpha value is -2.58. The number of methoxy groups -OCH3 is 3. The van der Waals surface area contributed by atoms with Crippen LogP contribution in [-0.2, 0) is 27.3 Å². The van der Waals surface area contributed by atoms with E-state index in [0.717, 1.165) is 10.4 Å². The molecule has 2 aromatic rings. The second-order valence-electron chi connectivity index (χ2n) is 7.38. The van der Waals surface area contributed by atoms with E-state index >= 15 is 0 Å². The van der Waals surface area contributed by atoms with Gasteiger partial charge in [-0.1, -0.05) is 12.1 Å². The van der Waals surface area contributed by atoms with Crippen LogP contribution in [0, 0.1) is 0 Å². The lowest BCUT2D eigenvalue weighted by Gasteiger charge is -2.30. The second-order valence-corrected chi connectivity index (χ2v) is 8.41. The number of benzene rings is 1. The molecule has 1 heterocycles. The molecule has 0 unspecified atom stereocenters. The number of rotatable bonds is 12. The highest BCUT2D eigenvalue weighted by atomic mass is 32.1. The van der Waals surface area contributed by atoms with Crippen LogP contribution in [0.2, 0.25) is 0 Å². The minimum atomic E-state index is -0.193. The van der Waals surface area contributed by atoms with Gasteiger partial charge in [0.05, 0.1) is 20.8 Å².